The van der Waals surface area contributed by atoms with Gasteiger partial charge in [-0.1, -0.05) is 26.0 Å². The van der Waals surface area contributed by atoms with Gasteiger partial charge in [0.15, 0.2) is 0 Å². The number of hydrogen-bond donors (Lipinski definition) is 2. The average Bonchev–Trinajstić information content (AvgIpc) is 2.69. The minimum absolute atomic E-state index is 0.0536. The van der Waals surface area contributed by atoms with Gasteiger partial charge < -0.3 is 20.3 Å². The first-order valence-corrected chi connectivity index (χ1v) is 9.63. The van der Waals surface area contributed by atoms with E-state index in [0.29, 0.717) is 5.92 Å². The van der Waals surface area contributed by atoms with Gasteiger partial charge in [0.2, 0.25) is 5.91 Å². The average molecular weight is 367 g/mol. The zero-order valence-electron chi connectivity index (χ0n) is 16.4. The van der Waals surface area contributed by atoms with Crippen LogP contribution < -0.4 is 15.5 Å². The van der Waals surface area contributed by atoms with Crippen molar-refractivity contribution in [3.05, 3.63) is 54.1 Å². The zero-order valence-corrected chi connectivity index (χ0v) is 16.4. The Morgan fingerprint density at radius 2 is 1.52 bits per heavy atom. The van der Waals surface area contributed by atoms with E-state index in [0.717, 1.165) is 43.4 Å². The SMILES string of the molecule is CC(Nc1ccc(C(C)C)cc1)C(=O)Nc1ccc(N2CCOCC2)cc1. The van der Waals surface area contributed by atoms with Crippen molar-refractivity contribution in [2.45, 2.75) is 32.7 Å². The minimum Gasteiger partial charge on any atom is -0.378 e. The van der Waals surface area contributed by atoms with Crippen LogP contribution in [0.25, 0.3) is 0 Å². The third-order valence-electron chi connectivity index (χ3n) is 4.86. The summed E-state index contributed by atoms with van der Waals surface area (Å²) in [7, 11) is 0. The number of hydrogen-bond acceptors (Lipinski definition) is 4. The molecule has 0 bridgehead atoms. The molecule has 2 aromatic rings. The molecule has 0 aliphatic carbocycles. The van der Waals surface area contributed by atoms with Gasteiger partial charge in [-0.15, -0.1) is 0 Å². The number of carbonyl (C=O) groups excluding carboxylic acids is 1. The lowest BCUT2D eigenvalue weighted by atomic mass is 10.0. The molecule has 0 spiro atoms. The van der Waals surface area contributed by atoms with Crippen LogP contribution in [0.4, 0.5) is 17.1 Å². The summed E-state index contributed by atoms with van der Waals surface area (Å²) in [5.74, 6) is 0.447. The van der Waals surface area contributed by atoms with Crippen LogP contribution in [0.2, 0.25) is 0 Å². The van der Waals surface area contributed by atoms with Gasteiger partial charge in [0.25, 0.3) is 0 Å². The maximum Gasteiger partial charge on any atom is 0.246 e. The van der Waals surface area contributed by atoms with Gasteiger partial charge in [-0.25, -0.2) is 0 Å². The first-order chi connectivity index (χ1) is 13.0. The van der Waals surface area contributed by atoms with Crippen molar-refractivity contribution in [2.75, 3.05) is 41.8 Å². The number of carbonyl (C=O) groups is 1. The molecule has 27 heavy (non-hydrogen) atoms. The Balaban J connectivity index is 1.54. The highest BCUT2D eigenvalue weighted by Gasteiger charge is 2.14. The highest BCUT2D eigenvalue weighted by atomic mass is 16.5. The Labute approximate surface area is 161 Å². The van der Waals surface area contributed by atoms with E-state index in [1.807, 2.05) is 43.3 Å². The highest BCUT2D eigenvalue weighted by molar-refractivity contribution is 5.96. The van der Waals surface area contributed by atoms with E-state index in [1.54, 1.807) is 0 Å². The van der Waals surface area contributed by atoms with Crippen LogP contribution in [0.3, 0.4) is 0 Å². The number of rotatable bonds is 6. The molecular weight excluding hydrogens is 338 g/mol. The lowest BCUT2D eigenvalue weighted by molar-refractivity contribution is -0.116. The number of amides is 1. The molecule has 5 heteroatoms. The highest BCUT2D eigenvalue weighted by Crippen LogP contribution is 2.20. The minimum atomic E-state index is -0.325. The van der Waals surface area contributed by atoms with Gasteiger partial charge >= 0.3 is 0 Å². The summed E-state index contributed by atoms with van der Waals surface area (Å²) in [6.07, 6.45) is 0. The van der Waals surface area contributed by atoms with Crippen LogP contribution in [-0.4, -0.2) is 38.3 Å². The summed E-state index contributed by atoms with van der Waals surface area (Å²) in [6, 6.07) is 15.9. The second-order valence-corrected chi connectivity index (χ2v) is 7.28. The van der Waals surface area contributed by atoms with Gasteiger partial charge in [0, 0.05) is 30.2 Å². The lowest BCUT2D eigenvalue weighted by Gasteiger charge is -2.29. The van der Waals surface area contributed by atoms with Crippen molar-refractivity contribution >= 4 is 23.0 Å². The predicted octanol–water partition coefficient (Wildman–Crippen LogP) is 4.09. The Bertz CT molecular complexity index is 735. The molecule has 1 aliphatic rings. The third kappa shape index (κ3) is 5.23. The van der Waals surface area contributed by atoms with Crippen LogP contribution in [0.15, 0.2) is 48.5 Å². The van der Waals surface area contributed by atoms with E-state index in [2.05, 4.69) is 41.5 Å². The van der Waals surface area contributed by atoms with E-state index < -0.39 is 0 Å². The van der Waals surface area contributed by atoms with Gasteiger partial charge in [0.1, 0.15) is 6.04 Å². The number of nitrogens with one attached hydrogen (secondary N) is 2. The molecule has 5 nitrogen and oxygen atoms in total. The maximum atomic E-state index is 12.5. The summed E-state index contributed by atoms with van der Waals surface area (Å²) in [5, 5.41) is 6.23. The molecule has 0 aromatic heterocycles. The Morgan fingerprint density at radius 3 is 2.11 bits per heavy atom. The molecule has 0 radical (unpaired) electrons. The topological polar surface area (TPSA) is 53.6 Å². The molecular formula is C22H29N3O2. The van der Waals surface area contributed by atoms with Gasteiger partial charge in [-0.05, 0) is 54.8 Å². The fourth-order valence-corrected chi connectivity index (χ4v) is 3.11. The number of ether oxygens (including phenoxy) is 1. The van der Waals surface area contributed by atoms with E-state index in [1.165, 1.54) is 5.56 Å². The van der Waals surface area contributed by atoms with Crippen molar-refractivity contribution in [1.82, 2.24) is 0 Å². The smallest absolute Gasteiger partial charge is 0.246 e. The standard InChI is InChI=1S/C22H29N3O2/c1-16(2)18-4-6-19(7-5-18)23-17(3)22(26)24-20-8-10-21(11-9-20)25-12-14-27-15-13-25/h4-11,16-17,23H,12-15H2,1-3H3,(H,24,26). The molecule has 1 atom stereocenters. The van der Waals surface area contributed by atoms with E-state index >= 15 is 0 Å². The number of morpholine rings is 1. The number of nitrogens with zero attached hydrogens (tertiary/aromatic N) is 1. The molecule has 2 N–H and O–H groups in total. The molecule has 0 saturated carbocycles. The summed E-state index contributed by atoms with van der Waals surface area (Å²) in [4.78, 5) is 14.8. The Morgan fingerprint density at radius 1 is 0.926 bits per heavy atom. The summed E-state index contributed by atoms with van der Waals surface area (Å²) >= 11 is 0. The number of benzene rings is 2. The molecule has 1 saturated heterocycles. The lowest BCUT2D eigenvalue weighted by Crippen LogP contribution is -2.36. The largest absolute Gasteiger partial charge is 0.378 e. The van der Waals surface area contributed by atoms with E-state index in [-0.39, 0.29) is 11.9 Å². The second-order valence-electron chi connectivity index (χ2n) is 7.28. The Hall–Kier alpha value is -2.53. The molecule has 1 unspecified atom stereocenters. The quantitative estimate of drug-likeness (QED) is 0.808. The molecule has 1 fully saturated rings. The summed E-state index contributed by atoms with van der Waals surface area (Å²) in [6.45, 7) is 9.55. The van der Waals surface area contributed by atoms with Crippen LogP contribution in [0, 0.1) is 0 Å². The Kier molecular flexibility index (Phi) is 6.35. The first kappa shape index (κ1) is 19.2. The molecule has 1 amide bonds. The molecule has 1 aliphatic heterocycles. The van der Waals surface area contributed by atoms with Crippen molar-refractivity contribution in [2.24, 2.45) is 0 Å². The first-order valence-electron chi connectivity index (χ1n) is 9.63. The van der Waals surface area contributed by atoms with Crippen LogP contribution in [-0.2, 0) is 9.53 Å². The van der Waals surface area contributed by atoms with Crippen molar-refractivity contribution < 1.29 is 9.53 Å². The van der Waals surface area contributed by atoms with Gasteiger partial charge in [0.05, 0.1) is 13.2 Å². The van der Waals surface area contributed by atoms with Crippen LogP contribution in [0.1, 0.15) is 32.3 Å². The summed E-state index contributed by atoms with van der Waals surface area (Å²) in [5.41, 5.74) is 4.20. The molecule has 3 rings (SSSR count). The van der Waals surface area contributed by atoms with Crippen molar-refractivity contribution in [3.63, 3.8) is 0 Å². The zero-order chi connectivity index (χ0) is 19.2. The molecule has 2 aromatic carbocycles. The fraction of sp³-hybridized carbons (Fsp3) is 0.409. The fourth-order valence-electron chi connectivity index (χ4n) is 3.11. The van der Waals surface area contributed by atoms with Crippen LogP contribution in [0.5, 0.6) is 0 Å². The predicted molar refractivity (Wildman–Crippen MR) is 112 cm³/mol. The summed E-state index contributed by atoms with van der Waals surface area (Å²) < 4.78 is 5.39. The molecule has 1 heterocycles. The van der Waals surface area contributed by atoms with Gasteiger partial charge in [-0.2, -0.15) is 0 Å². The third-order valence-corrected chi connectivity index (χ3v) is 4.86. The van der Waals surface area contributed by atoms with E-state index in [4.69, 9.17) is 4.74 Å². The second kappa shape index (κ2) is 8.91. The number of anilines is 3. The molecule has 144 valence electrons. The normalized spacial score (nSPS) is 15.5. The van der Waals surface area contributed by atoms with Crippen LogP contribution >= 0.6 is 0 Å². The van der Waals surface area contributed by atoms with Gasteiger partial charge in [-0.3, -0.25) is 4.79 Å². The van der Waals surface area contributed by atoms with Crippen molar-refractivity contribution in [1.29, 1.82) is 0 Å². The monoisotopic (exact) mass is 367 g/mol. The van der Waals surface area contributed by atoms with E-state index in [9.17, 15) is 4.79 Å². The maximum absolute atomic E-state index is 12.5. The van der Waals surface area contributed by atoms with Crippen molar-refractivity contribution in [3.8, 4) is 0 Å².